The van der Waals surface area contributed by atoms with Crippen LogP contribution in [0.15, 0.2) is 23.1 Å². The summed E-state index contributed by atoms with van der Waals surface area (Å²) in [6.07, 6.45) is 1.72. The van der Waals surface area contributed by atoms with Crippen molar-refractivity contribution in [2.75, 3.05) is 6.61 Å². The summed E-state index contributed by atoms with van der Waals surface area (Å²) in [6.45, 7) is 6.99. The van der Waals surface area contributed by atoms with Crippen LogP contribution in [0.5, 0.6) is 5.75 Å². The summed E-state index contributed by atoms with van der Waals surface area (Å²) < 4.78 is 7.07. The zero-order chi connectivity index (χ0) is 13.7. The molecule has 5 heteroatoms. The van der Waals surface area contributed by atoms with Crippen molar-refractivity contribution in [3.8, 4) is 5.75 Å². The van der Waals surface area contributed by atoms with Crippen LogP contribution in [0, 0.1) is 11.8 Å². The molecule has 4 nitrogen and oxygen atoms in total. The van der Waals surface area contributed by atoms with E-state index in [1.807, 2.05) is 20.8 Å². The summed E-state index contributed by atoms with van der Waals surface area (Å²) in [5.74, 6) is 0.744. The monoisotopic (exact) mass is 268 g/mol. The van der Waals surface area contributed by atoms with Crippen LogP contribution in [0.4, 0.5) is 0 Å². The van der Waals surface area contributed by atoms with Crippen LogP contribution in [0.3, 0.4) is 0 Å². The maximum absolute atomic E-state index is 12.1. The molecule has 1 aromatic rings. The molecule has 0 fully saturated rings. The highest BCUT2D eigenvalue weighted by Gasteiger charge is 2.10. The summed E-state index contributed by atoms with van der Waals surface area (Å²) in [5.41, 5.74) is 5.42. The molecule has 1 atom stereocenters. The molecule has 1 rings (SSSR count). The molecule has 2 N–H and O–H groups in total. The van der Waals surface area contributed by atoms with Crippen molar-refractivity contribution < 1.29 is 4.74 Å². The number of hydrogen-bond acceptors (Lipinski definition) is 3. The summed E-state index contributed by atoms with van der Waals surface area (Å²) in [4.78, 5) is 12.5. The van der Waals surface area contributed by atoms with Gasteiger partial charge in [0, 0.05) is 18.7 Å². The van der Waals surface area contributed by atoms with Gasteiger partial charge in [-0.2, -0.15) is 0 Å². The second kappa shape index (κ2) is 6.54. The van der Waals surface area contributed by atoms with E-state index in [0.29, 0.717) is 29.8 Å². The summed E-state index contributed by atoms with van der Waals surface area (Å²) >= 11 is 4.91. The third-order valence-corrected chi connectivity index (χ3v) is 2.92. The zero-order valence-corrected chi connectivity index (χ0v) is 11.9. The Morgan fingerprint density at radius 3 is 2.72 bits per heavy atom. The van der Waals surface area contributed by atoms with Gasteiger partial charge < -0.3 is 15.0 Å². The van der Waals surface area contributed by atoms with Crippen molar-refractivity contribution >= 4 is 17.2 Å². The van der Waals surface area contributed by atoms with Crippen molar-refractivity contribution in [3.05, 3.63) is 28.7 Å². The minimum absolute atomic E-state index is 0.0157. The number of hydrogen-bond donors (Lipinski definition) is 1. The molecule has 1 aromatic heterocycles. The molecule has 18 heavy (non-hydrogen) atoms. The predicted octanol–water partition coefficient (Wildman–Crippen LogP) is 1.81. The summed E-state index contributed by atoms with van der Waals surface area (Å²) in [5, 5.41) is 0. The van der Waals surface area contributed by atoms with E-state index in [4.69, 9.17) is 22.7 Å². The molecule has 0 amide bonds. The molecule has 0 aliphatic heterocycles. The highest BCUT2D eigenvalue weighted by atomic mass is 32.1. The predicted molar refractivity (Wildman–Crippen MR) is 77.0 cm³/mol. The number of nitrogens with two attached hydrogens (primary N) is 1. The Morgan fingerprint density at radius 1 is 1.50 bits per heavy atom. The standard InChI is InChI=1S/C13H20N2O2S/c1-9(2)8-17-11-5-4-6-15(13(11)16)7-10(3)12(14)18/h4-6,9-10H,7-8H2,1-3H3,(H2,14,18). The lowest BCUT2D eigenvalue weighted by Gasteiger charge is -2.14. The molecule has 0 aliphatic carbocycles. The second-order valence-electron chi connectivity index (χ2n) is 4.84. The molecule has 0 bridgehead atoms. The van der Waals surface area contributed by atoms with Crippen molar-refractivity contribution in [1.29, 1.82) is 0 Å². The van der Waals surface area contributed by atoms with Crippen LogP contribution >= 0.6 is 12.2 Å². The fourth-order valence-electron chi connectivity index (χ4n) is 1.41. The Balaban J connectivity index is 2.85. The number of pyridine rings is 1. The van der Waals surface area contributed by atoms with E-state index in [9.17, 15) is 4.79 Å². The van der Waals surface area contributed by atoms with Gasteiger partial charge in [0.05, 0.1) is 11.6 Å². The molecular formula is C13H20N2O2S. The Hall–Kier alpha value is -1.36. The fraction of sp³-hybridized carbons (Fsp3) is 0.538. The van der Waals surface area contributed by atoms with E-state index >= 15 is 0 Å². The molecular weight excluding hydrogens is 248 g/mol. The van der Waals surface area contributed by atoms with Crippen molar-refractivity contribution in [1.82, 2.24) is 4.57 Å². The van der Waals surface area contributed by atoms with Crippen LogP contribution in [0.1, 0.15) is 20.8 Å². The fourth-order valence-corrected chi connectivity index (χ4v) is 1.48. The topological polar surface area (TPSA) is 57.2 Å². The Morgan fingerprint density at radius 2 is 2.17 bits per heavy atom. The number of aromatic nitrogens is 1. The second-order valence-corrected chi connectivity index (χ2v) is 5.31. The minimum atomic E-state index is -0.138. The minimum Gasteiger partial charge on any atom is -0.488 e. The SMILES string of the molecule is CC(C)COc1cccn(CC(C)C(N)=S)c1=O. The smallest absolute Gasteiger partial charge is 0.292 e. The van der Waals surface area contributed by atoms with Gasteiger partial charge in [-0.3, -0.25) is 4.79 Å². The first kappa shape index (κ1) is 14.7. The van der Waals surface area contributed by atoms with Gasteiger partial charge in [-0.25, -0.2) is 0 Å². The van der Waals surface area contributed by atoms with E-state index < -0.39 is 0 Å². The maximum atomic E-state index is 12.1. The van der Waals surface area contributed by atoms with Crippen molar-refractivity contribution in [3.63, 3.8) is 0 Å². The molecule has 100 valence electrons. The van der Waals surface area contributed by atoms with E-state index in [0.717, 1.165) is 0 Å². The molecule has 0 spiro atoms. The summed E-state index contributed by atoms with van der Waals surface area (Å²) in [7, 11) is 0. The van der Waals surface area contributed by atoms with Gasteiger partial charge in [-0.1, -0.05) is 33.0 Å². The third-order valence-electron chi connectivity index (χ3n) is 2.51. The van der Waals surface area contributed by atoms with Crippen LogP contribution in [-0.4, -0.2) is 16.2 Å². The van der Waals surface area contributed by atoms with Gasteiger partial charge in [0.25, 0.3) is 5.56 Å². The Bertz CT molecular complexity index is 468. The van der Waals surface area contributed by atoms with Gasteiger partial charge in [0.2, 0.25) is 0 Å². The van der Waals surface area contributed by atoms with Gasteiger partial charge in [-0.05, 0) is 18.1 Å². The zero-order valence-electron chi connectivity index (χ0n) is 11.1. The number of thiocarbonyl (C=S) groups is 1. The van der Waals surface area contributed by atoms with Crippen LogP contribution in [0.2, 0.25) is 0 Å². The van der Waals surface area contributed by atoms with Crippen LogP contribution in [-0.2, 0) is 6.54 Å². The Kier molecular flexibility index (Phi) is 5.34. The highest BCUT2D eigenvalue weighted by Crippen LogP contribution is 2.06. The van der Waals surface area contributed by atoms with E-state index in [1.54, 1.807) is 22.9 Å². The van der Waals surface area contributed by atoms with E-state index in [2.05, 4.69) is 0 Å². The highest BCUT2D eigenvalue weighted by molar-refractivity contribution is 7.80. The first-order valence-electron chi connectivity index (χ1n) is 6.03. The van der Waals surface area contributed by atoms with Gasteiger partial charge in [-0.15, -0.1) is 0 Å². The molecule has 0 aliphatic rings. The first-order valence-corrected chi connectivity index (χ1v) is 6.44. The molecule has 1 heterocycles. The maximum Gasteiger partial charge on any atom is 0.292 e. The lowest BCUT2D eigenvalue weighted by atomic mass is 10.2. The molecule has 1 unspecified atom stereocenters. The normalized spacial score (nSPS) is 12.4. The third kappa shape index (κ3) is 4.14. The van der Waals surface area contributed by atoms with Crippen molar-refractivity contribution in [2.45, 2.75) is 27.3 Å². The molecule has 0 aromatic carbocycles. The number of nitrogens with zero attached hydrogens (tertiary/aromatic N) is 1. The number of rotatable bonds is 6. The largest absolute Gasteiger partial charge is 0.488 e. The lowest BCUT2D eigenvalue weighted by molar-refractivity contribution is 0.265. The van der Waals surface area contributed by atoms with Gasteiger partial charge >= 0.3 is 0 Å². The average molecular weight is 268 g/mol. The van der Waals surface area contributed by atoms with Gasteiger partial charge in [0.1, 0.15) is 0 Å². The van der Waals surface area contributed by atoms with E-state index in [1.165, 1.54) is 0 Å². The molecule has 0 radical (unpaired) electrons. The Labute approximate surface area is 113 Å². The summed E-state index contributed by atoms with van der Waals surface area (Å²) in [6, 6.07) is 3.48. The van der Waals surface area contributed by atoms with E-state index in [-0.39, 0.29) is 11.5 Å². The average Bonchev–Trinajstić information content (AvgIpc) is 2.29. The lowest BCUT2D eigenvalue weighted by Crippen LogP contribution is -2.29. The van der Waals surface area contributed by atoms with Gasteiger partial charge in [0.15, 0.2) is 5.75 Å². The quantitative estimate of drug-likeness (QED) is 0.799. The first-order chi connectivity index (χ1) is 8.41. The van der Waals surface area contributed by atoms with Crippen LogP contribution < -0.4 is 16.0 Å². The van der Waals surface area contributed by atoms with Crippen molar-refractivity contribution in [2.24, 2.45) is 17.6 Å². The molecule has 0 saturated carbocycles. The number of ether oxygens (including phenoxy) is 1. The van der Waals surface area contributed by atoms with Crippen LogP contribution in [0.25, 0.3) is 0 Å². The molecule has 0 saturated heterocycles.